The van der Waals surface area contributed by atoms with Gasteiger partial charge >= 0.3 is 0 Å². The maximum atomic E-state index is 11.6. The van der Waals surface area contributed by atoms with Crippen molar-refractivity contribution in [3.8, 4) is 11.5 Å². The second-order valence-electron chi connectivity index (χ2n) is 6.39. The van der Waals surface area contributed by atoms with Crippen LogP contribution in [0.3, 0.4) is 0 Å². The number of rotatable bonds is 9. The van der Waals surface area contributed by atoms with E-state index in [0.717, 1.165) is 0 Å². The van der Waals surface area contributed by atoms with Gasteiger partial charge in [0.1, 0.15) is 18.1 Å². The Kier molecular flexibility index (Phi) is 7.20. The van der Waals surface area contributed by atoms with Gasteiger partial charge in [0.25, 0.3) is 0 Å². The zero-order valence-corrected chi connectivity index (χ0v) is 16.5. The zero-order valence-electron chi connectivity index (χ0n) is 15.7. The smallest absolute Gasteiger partial charge is 0.238 e. The van der Waals surface area contributed by atoms with Gasteiger partial charge in [-0.25, -0.2) is 13.6 Å². The number of hydrogen-bond donors (Lipinski definition) is 3. The molecule has 27 heavy (non-hydrogen) atoms. The van der Waals surface area contributed by atoms with E-state index in [9.17, 15) is 13.5 Å². The summed E-state index contributed by atoms with van der Waals surface area (Å²) in [4.78, 5) is 0.0217. The third-order valence-electron chi connectivity index (χ3n) is 4.10. The van der Waals surface area contributed by atoms with Gasteiger partial charge in [0.05, 0.1) is 18.1 Å². The van der Waals surface area contributed by atoms with E-state index in [1.807, 2.05) is 25.1 Å². The number of benzene rings is 2. The molecule has 0 saturated heterocycles. The van der Waals surface area contributed by atoms with Crippen molar-refractivity contribution in [2.45, 2.75) is 30.9 Å². The van der Waals surface area contributed by atoms with Crippen LogP contribution in [0.15, 0.2) is 47.4 Å². The molecule has 0 fully saturated rings. The van der Waals surface area contributed by atoms with Crippen molar-refractivity contribution in [2.24, 2.45) is 5.14 Å². The van der Waals surface area contributed by atoms with Gasteiger partial charge in [-0.3, -0.25) is 0 Å². The molecule has 2 unspecified atom stereocenters. The van der Waals surface area contributed by atoms with E-state index < -0.39 is 16.1 Å². The predicted octanol–water partition coefficient (Wildman–Crippen LogP) is 1.74. The van der Waals surface area contributed by atoms with Crippen molar-refractivity contribution in [3.63, 3.8) is 0 Å². The van der Waals surface area contributed by atoms with Gasteiger partial charge in [-0.1, -0.05) is 18.2 Å². The Morgan fingerprint density at radius 2 is 1.89 bits per heavy atom. The fourth-order valence-corrected chi connectivity index (χ4v) is 3.35. The molecule has 0 aliphatic carbocycles. The van der Waals surface area contributed by atoms with Crippen LogP contribution in [0.5, 0.6) is 11.5 Å². The first-order chi connectivity index (χ1) is 12.7. The lowest BCUT2D eigenvalue weighted by atomic mass is 10.1. The molecule has 2 atom stereocenters. The van der Waals surface area contributed by atoms with Crippen LogP contribution in [0, 0.1) is 6.92 Å². The van der Waals surface area contributed by atoms with Crippen LogP contribution >= 0.6 is 0 Å². The summed E-state index contributed by atoms with van der Waals surface area (Å²) >= 11 is 0. The Morgan fingerprint density at radius 1 is 1.19 bits per heavy atom. The minimum atomic E-state index is -3.83. The molecular weight excluding hydrogens is 368 g/mol. The summed E-state index contributed by atoms with van der Waals surface area (Å²) in [6, 6.07) is 12.0. The van der Waals surface area contributed by atoms with Gasteiger partial charge in [0.2, 0.25) is 10.0 Å². The number of sulfonamides is 1. The van der Waals surface area contributed by atoms with Gasteiger partial charge in [-0.05, 0) is 43.2 Å². The molecule has 0 radical (unpaired) electrons. The molecule has 2 aromatic carbocycles. The number of aryl methyl sites for hydroxylation is 1. The molecule has 8 heteroatoms. The van der Waals surface area contributed by atoms with E-state index in [-0.39, 0.29) is 17.5 Å². The van der Waals surface area contributed by atoms with Gasteiger partial charge in [-0.2, -0.15) is 0 Å². The van der Waals surface area contributed by atoms with Crippen molar-refractivity contribution in [1.82, 2.24) is 5.32 Å². The molecule has 4 N–H and O–H groups in total. The third kappa shape index (κ3) is 6.21. The maximum Gasteiger partial charge on any atom is 0.238 e. The molecule has 0 saturated carbocycles. The van der Waals surface area contributed by atoms with E-state index >= 15 is 0 Å². The van der Waals surface area contributed by atoms with Crippen LogP contribution in [0.1, 0.15) is 24.2 Å². The number of hydrogen-bond acceptors (Lipinski definition) is 6. The van der Waals surface area contributed by atoms with Crippen molar-refractivity contribution >= 4 is 10.0 Å². The van der Waals surface area contributed by atoms with Gasteiger partial charge < -0.3 is 19.9 Å². The van der Waals surface area contributed by atoms with E-state index in [2.05, 4.69) is 5.32 Å². The maximum absolute atomic E-state index is 11.6. The van der Waals surface area contributed by atoms with E-state index in [4.69, 9.17) is 14.6 Å². The van der Waals surface area contributed by atoms with Gasteiger partial charge in [0, 0.05) is 18.7 Å². The summed E-state index contributed by atoms with van der Waals surface area (Å²) in [6.07, 6.45) is -0.870. The summed E-state index contributed by atoms with van der Waals surface area (Å²) < 4.78 is 34.1. The first-order valence-corrected chi connectivity index (χ1v) is 10.1. The SMILES string of the molecule is COc1cccc(OCC(C)NCC(O)c2ccc(C)c(S(N)(=O)=O)c2)c1. The highest BCUT2D eigenvalue weighted by atomic mass is 32.2. The van der Waals surface area contributed by atoms with E-state index in [0.29, 0.717) is 29.2 Å². The monoisotopic (exact) mass is 394 g/mol. The molecule has 0 amide bonds. The molecule has 2 rings (SSSR count). The molecule has 0 bridgehead atoms. The number of aliphatic hydroxyl groups excluding tert-OH is 1. The molecule has 148 valence electrons. The Balaban J connectivity index is 1.90. The fraction of sp³-hybridized carbons (Fsp3) is 0.368. The second-order valence-corrected chi connectivity index (χ2v) is 7.91. The molecule has 0 aliphatic heterocycles. The van der Waals surface area contributed by atoms with Gasteiger partial charge in [-0.15, -0.1) is 0 Å². The summed E-state index contributed by atoms with van der Waals surface area (Å²) in [5.41, 5.74) is 1.03. The highest BCUT2D eigenvalue weighted by Gasteiger charge is 2.16. The van der Waals surface area contributed by atoms with Crippen molar-refractivity contribution < 1.29 is 23.0 Å². The summed E-state index contributed by atoms with van der Waals surface area (Å²) in [5, 5.41) is 18.7. The molecule has 7 nitrogen and oxygen atoms in total. The molecule has 0 spiro atoms. The van der Waals surface area contributed by atoms with Crippen molar-refractivity contribution in [1.29, 1.82) is 0 Å². The normalized spacial score (nSPS) is 13.8. The summed E-state index contributed by atoms with van der Waals surface area (Å²) in [7, 11) is -2.23. The molecule has 2 aromatic rings. The van der Waals surface area contributed by atoms with Crippen LogP contribution in [-0.4, -0.2) is 39.8 Å². The quantitative estimate of drug-likeness (QED) is 0.597. The Morgan fingerprint density at radius 3 is 2.56 bits per heavy atom. The van der Waals surface area contributed by atoms with E-state index in [1.54, 1.807) is 32.2 Å². The first-order valence-electron chi connectivity index (χ1n) is 8.52. The zero-order chi connectivity index (χ0) is 20.0. The minimum Gasteiger partial charge on any atom is -0.497 e. The number of aliphatic hydroxyl groups is 1. The number of ether oxygens (including phenoxy) is 2. The van der Waals surface area contributed by atoms with E-state index in [1.165, 1.54) is 6.07 Å². The minimum absolute atomic E-state index is 0.0217. The van der Waals surface area contributed by atoms with Crippen molar-refractivity contribution in [2.75, 3.05) is 20.3 Å². The van der Waals surface area contributed by atoms with Crippen molar-refractivity contribution in [3.05, 3.63) is 53.6 Å². The largest absolute Gasteiger partial charge is 0.497 e. The number of nitrogens with one attached hydrogen (secondary N) is 1. The fourth-order valence-electron chi connectivity index (χ4n) is 2.53. The molecule has 0 heterocycles. The Hall–Kier alpha value is -2.13. The molecular formula is C19H26N2O5S. The van der Waals surface area contributed by atoms with Crippen LogP contribution in [0.25, 0.3) is 0 Å². The highest BCUT2D eigenvalue weighted by Crippen LogP contribution is 2.21. The Labute approximate surface area is 160 Å². The number of methoxy groups -OCH3 is 1. The summed E-state index contributed by atoms with van der Waals surface area (Å²) in [6.45, 7) is 4.23. The van der Waals surface area contributed by atoms with Crippen LogP contribution < -0.4 is 19.9 Å². The Bertz CT molecular complexity index is 870. The summed E-state index contributed by atoms with van der Waals surface area (Å²) in [5.74, 6) is 1.41. The number of nitrogens with two attached hydrogens (primary N) is 1. The first kappa shape index (κ1) is 21.2. The molecule has 0 aliphatic rings. The standard InChI is InChI=1S/C19H26N2O5S/c1-13-7-8-15(9-19(13)27(20,23)24)18(22)11-21-14(2)12-26-17-6-4-5-16(10-17)25-3/h4-10,14,18,21-22H,11-12H2,1-3H3,(H2,20,23,24). The molecule has 0 aromatic heterocycles. The number of primary sulfonamides is 1. The average Bonchev–Trinajstić information content (AvgIpc) is 2.64. The third-order valence-corrected chi connectivity index (χ3v) is 5.16. The van der Waals surface area contributed by atoms with Crippen LogP contribution in [-0.2, 0) is 10.0 Å². The van der Waals surface area contributed by atoms with Gasteiger partial charge in [0.15, 0.2) is 0 Å². The lowest BCUT2D eigenvalue weighted by Gasteiger charge is -2.19. The second kappa shape index (κ2) is 9.18. The van der Waals surface area contributed by atoms with Crippen LogP contribution in [0.2, 0.25) is 0 Å². The lowest BCUT2D eigenvalue weighted by Crippen LogP contribution is -2.35. The van der Waals surface area contributed by atoms with Crippen LogP contribution in [0.4, 0.5) is 0 Å². The topological polar surface area (TPSA) is 111 Å². The highest BCUT2D eigenvalue weighted by molar-refractivity contribution is 7.89. The lowest BCUT2D eigenvalue weighted by molar-refractivity contribution is 0.163. The average molecular weight is 394 g/mol. The predicted molar refractivity (Wildman–Crippen MR) is 103 cm³/mol.